The predicted octanol–water partition coefficient (Wildman–Crippen LogP) is 3.39. The summed E-state index contributed by atoms with van der Waals surface area (Å²) in [5.74, 6) is -0.409. The molecule has 0 radical (unpaired) electrons. The molecule has 0 N–H and O–H groups in total. The molecule has 0 atom stereocenters. The van der Waals surface area contributed by atoms with Gasteiger partial charge in [-0.3, -0.25) is 0 Å². The molecule has 0 aliphatic rings. The first-order valence-electron chi connectivity index (χ1n) is 5.85. The van der Waals surface area contributed by atoms with E-state index >= 15 is 0 Å². The quantitative estimate of drug-likeness (QED) is 0.718. The van der Waals surface area contributed by atoms with Crippen LogP contribution in [0.2, 0.25) is 0 Å². The van der Waals surface area contributed by atoms with Gasteiger partial charge in [-0.25, -0.2) is 13.8 Å². The molecule has 6 heteroatoms. The number of aromatic nitrogens is 3. The van der Waals surface area contributed by atoms with Gasteiger partial charge in [-0.05, 0) is 42.8 Å². The number of hydrogen-bond acceptors (Lipinski definition) is 4. The molecular weight excluding hydrogens is 264 g/mol. The van der Waals surface area contributed by atoms with Crippen molar-refractivity contribution in [1.29, 1.82) is 0 Å². The number of hydrogen-bond donors (Lipinski definition) is 0. The summed E-state index contributed by atoms with van der Waals surface area (Å²) in [5.41, 5.74) is 1.62. The fourth-order valence-corrected chi connectivity index (χ4v) is 1.81. The second-order valence-electron chi connectivity index (χ2n) is 4.30. The van der Waals surface area contributed by atoms with Gasteiger partial charge < -0.3 is 4.52 Å². The fraction of sp³-hybridized carbons (Fsp3) is 0.0714. The highest BCUT2D eigenvalue weighted by Gasteiger charge is 2.12. The van der Waals surface area contributed by atoms with Crippen LogP contribution in [-0.2, 0) is 0 Å². The van der Waals surface area contributed by atoms with Crippen molar-refractivity contribution in [3.05, 3.63) is 53.7 Å². The highest BCUT2D eigenvalue weighted by Crippen LogP contribution is 2.23. The van der Waals surface area contributed by atoms with Gasteiger partial charge in [0.15, 0.2) is 0 Å². The standard InChI is InChI=1S/C14H9F2N3O/c1-8-4-9(6-11(16)5-8)14-18-13(19-20-14)12-3-2-10(15)7-17-12/h2-7H,1H3. The van der Waals surface area contributed by atoms with Crippen molar-refractivity contribution >= 4 is 0 Å². The van der Waals surface area contributed by atoms with E-state index in [9.17, 15) is 8.78 Å². The van der Waals surface area contributed by atoms with Crippen molar-refractivity contribution in [3.8, 4) is 23.0 Å². The van der Waals surface area contributed by atoms with E-state index in [1.54, 1.807) is 13.0 Å². The number of pyridine rings is 1. The monoisotopic (exact) mass is 273 g/mol. The Hall–Kier alpha value is -2.63. The second kappa shape index (κ2) is 4.80. The number of rotatable bonds is 2. The summed E-state index contributed by atoms with van der Waals surface area (Å²) in [7, 11) is 0. The Labute approximate surface area is 113 Å². The third-order valence-electron chi connectivity index (χ3n) is 2.67. The Kier molecular flexibility index (Phi) is 2.98. The van der Waals surface area contributed by atoms with Crippen LogP contribution in [-0.4, -0.2) is 15.1 Å². The summed E-state index contributed by atoms with van der Waals surface area (Å²) in [4.78, 5) is 7.99. The van der Waals surface area contributed by atoms with E-state index in [2.05, 4.69) is 15.1 Å². The summed E-state index contributed by atoms with van der Waals surface area (Å²) in [6.07, 6.45) is 1.07. The SMILES string of the molecule is Cc1cc(F)cc(-c2nc(-c3ccc(F)cn3)no2)c1. The molecule has 0 spiro atoms. The van der Waals surface area contributed by atoms with Crippen molar-refractivity contribution in [2.24, 2.45) is 0 Å². The lowest BCUT2D eigenvalue weighted by molar-refractivity contribution is 0.431. The first-order chi connectivity index (χ1) is 9.61. The average molecular weight is 273 g/mol. The normalized spacial score (nSPS) is 10.8. The Morgan fingerprint density at radius 1 is 1.05 bits per heavy atom. The summed E-state index contributed by atoms with van der Waals surface area (Å²) in [5, 5.41) is 3.76. The second-order valence-corrected chi connectivity index (χ2v) is 4.30. The first-order valence-corrected chi connectivity index (χ1v) is 5.85. The fourth-order valence-electron chi connectivity index (χ4n) is 1.81. The molecular formula is C14H9F2N3O. The van der Waals surface area contributed by atoms with Crippen LogP contribution in [0.15, 0.2) is 41.1 Å². The molecule has 0 aliphatic carbocycles. The largest absolute Gasteiger partial charge is 0.334 e. The van der Waals surface area contributed by atoms with Crippen LogP contribution in [0.4, 0.5) is 8.78 Å². The van der Waals surface area contributed by atoms with Crippen molar-refractivity contribution in [3.63, 3.8) is 0 Å². The third-order valence-corrected chi connectivity index (χ3v) is 2.67. The van der Waals surface area contributed by atoms with Crippen LogP contribution in [0.1, 0.15) is 5.56 Å². The highest BCUT2D eigenvalue weighted by atomic mass is 19.1. The van der Waals surface area contributed by atoms with E-state index in [-0.39, 0.29) is 17.5 Å². The summed E-state index contributed by atoms with van der Waals surface area (Å²) in [6.45, 7) is 1.77. The van der Waals surface area contributed by atoms with Gasteiger partial charge in [-0.2, -0.15) is 4.98 Å². The molecule has 3 aromatic rings. The van der Waals surface area contributed by atoms with E-state index < -0.39 is 5.82 Å². The van der Waals surface area contributed by atoms with Crippen LogP contribution in [0.25, 0.3) is 23.0 Å². The highest BCUT2D eigenvalue weighted by molar-refractivity contribution is 5.58. The molecule has 0 saturated heterocycles. The van der Waals surface area contributed by atoms with E-state index in [0.717, 1.165) is 11.8 Å². The third kappa shape index (κ3) is 2.40. The maximum absolute atomic E-state index is 13.3. The molecule has 1 aromatic carbocycles. The van der Waals surface area contributed by atoms with Crippen LogP contribution in [0.3, 0.4) is 0 Å². The smallest absolute Gasteiger partial charge is 0.258 e. The molecule has 20 heavy (non-hydrogen) atoms. The van der Waals surface area contributed by atoms with E-state index in [1.807, 2.05) is 0 Å². The minimum Gasteiger partial charge on any atom is -0.334 e. The molecule has 0 aliphatic heterocycles. The van der Waals surface area contributed by atoms with E-state index in [1.165, 1.54) is 24.3 Å². The molecule has 0 fully saturated rings. The average Bonchev–Trinajstić information content (AvgIpc) is 2.88. The van der Waals surface area contributed by atoms with Gasteiger partial charge in [0.25, 0.3) is 5.89 Å². The van der Waals surface area contributed by atoms with E-state index in [0.29, 0.717) is 11.3 Å². The number of halogens is 2. The summed E-state index contributed by atoms with van der Waals surface area (Å²) in [6, 6.07) is 7.15. The van der Waals surface area contributed by atoms with Gasteiger partial charge in [0.2, 0.25) is 5.82 Å². The van der Waals surface area contributed by atoms with Crippen LogP contribution in [0.5, 0.6) is 0 Å². The number of aryl methyl sites for hydroxylation is 1. The lowest BCUT2D eigenvalue weighted by Gasteiger charge is -1.97. The Balaban J connectivity index is 1.99. The number of benzene rings is 1. The Morgan fingerprint density at radius 3 is 2.60 bits per heavy atom. The molecule has 0 unspecified atom stereocenters. The Bertz CT molecular complexity index is 733. The van der Waals surface area contributed by atoms with Crippen LogP contribution < -0.4 is 0 Å². The van der Waals surface area contributed by atoms with Gasteiger partial charge >= 0.3 is 0 Å². The zero-order valence-electron chi connectivity index (χ0n) is 10.5. The predicted molar refractivity (Wildman–Crippen MR) is 67.6 cm³/mol. The van der Waals surface area contributed by atoms with Crippen molar-refractivity contribution < 1.29 is 13.3 Å². The molecule has 0 amide bonds. The minimum atomic E-state index is -0.446. The molecule has 4 nitrogen and oxygen atoms in total. The first kappa shape index (κ1) is 12.4. The topological polar surface area (TPSA) is 51.8 Å². The van der Waals surface area contributed by atoms with Gasteiger partial charge in [0.05, 0.1) is 6.20 Å². The molecule has 0 bridgehead atoms. The zero-order valence-corrected chi connectivity index (χ0v) is 10.5. The number of nitrogens with zero attached hydrogens (tertiary/aromatic N) is 3. The molecule has 2 heterocycles. The minimum absolute atomic E-state index is 0.189. The lowest BCUT2D eigenvalue weighted by atomic mass is 10.1. The zero-order chi connectivity index (χ0) is 14.1. The maximum atomic E-state index is 13.3. The van der Waals surface area contributed by atoms with Crippen molar-refractivity contribution in [2.45, 2.75) is 6.92 Å². The van der Waals surface area contributed by atoms with Crippen molar-refractivity contribution in [2.75, 3.05) is 0 Å². The molecule has 3 rings (SSSR count). The lowest BCUT2D eigenvalue weighted by Crippen LogP contribution is -1.87. The van der Waals surface area contributed by atoms with E-state index in [4.69, 9.17) is 4.52 Å². The van der Waals surface area contributed by atoms with Crippen LogP contribution in [0, 0.1) is 18.6 Å². The Morgan fingerprint density at radius 2 is 1.90 bits per heavy atom. The van der Waals surface area contributed by atoms with Gasteiger partial charge in [0.1, 0.15) is 17.3 Å². The summed E-state index contributed by atoms with van der Waals surface area (Å²) >= 11 is 0. The van der Waals surface area contributed by atoms with Crippen molar-refractivity contribution in [1.82, 2.24) is 15.1 Å². The van der Waals surface area contributed by atoms with Gasteiger partial charge in [-0.15, -0.1) is 0 Å². The molecule has 2 aromatic heterocycles. The summed E-state index contributed by atoms with van der Waals surface area (Å²) < 4.78 is 31.2. The van der Waals surface area contributed by atoms with Gasteiger partial charge in [-0.1, -0.05) is 5.16 Å². The maximum Gasteiger partial charge on any atom is 0.258 e. The van der Waals surface area contributed by atoms with Crippen LogP contribution >= 0.6 is 0 Å². The molecule has 0 saturated carbocycles. The molecule has 100 valence electrons. The van der Waals surface area contributed by atoms with Gasteiger partial charge in [0, 0.05) is 5.56 Å².